The number of nitrogens with zero attached hydrogens (tertiary/aromatic N) is 3. The van der Waals surface area contributed by atoms with Gasteiger partial charge < -0.3 is 4.74 Å². The average Bonchev–Trinajstić information content (AvgIpc) is 3.10. The van der Waals surface area contributed by atoms with Gasteiger partial charge in [-0.05, 0) is 47.4 Å². The van der Waals surface area contributed by atoms with E-state index in [1.165, 1.54) is 0 Å². The number of rotatable bonds is 8. The summed E-state index contributed by atoms with van der Waals surface area (Å²) in [7, 11) is 0. The molecule has 4 nitrogen and oxygen atoms in total. The first kappa shape index (κ1) is 22.7. The van der Waals surface area contributed by atoms with Crippen molar-refractivity contribution in [2.24, 2.45) is 0 Å². The van der Waals surface area contributed by atoms with Gasteiger partial charge in [0.15, 0.2) is 0 Å². The van der Waals surface area contributed by atoms with Crippen LogP contribution in [0.3, 0.4) is 0 Å². The minimum atomic E-state index is 0.213. The van der Waals surface area contributed by atoms with E-state index in [0.29, 0.717) is 29.2 Å². The Bertz CT molecular complexity index is 1160. The maximum atomic E-state index is 6.26. The smallest absolute Gasteiger partial charge is 0.298 e. The van der Waals surface area contributed by atoms with E-state index in [1.807, 2.05) is 54.6 Å². The molecule has 0 saturated heterocycles. The van der Waals surface area contributed by atoms with Gasteiger partial charge in [-0.25, -0.2) is 0 Å². The fourth-order valence-corrected chi connectivity index (χ4v) is 5.15. The van der Waals surface area contributed by atoms with Gasteiger partial charge in [-0.2, -0.15) is 4.98 Å². The Morgan fingerprint density at radius 3 is 2.28 bits per heavy atom. The molecule has 7 heteroatoms. The second-order valence-electron chi connectivity index (χ2n) is 7.66. The monoisotopic (exact) mass is 483 g/mol. The van der Waals surface area contributed by atoms with Gasteiger partial charge in [0.05, 0.1) is 12.2 Å². The molecule has 2 heterocycles. The molecule has 0 N–H and O–H groups in total. The van der Waals surface area contributed by atoms with Gasteiger partial charge >= 0.3 is 0 Å². The molecule has 0 saturated carbocycles. The Balaban J connectivity index is 1.75. The first-order valence-electron chi connectivity index (χ1n) is 10.3. The fraction of sp³-hybridized carbons (Fsp3) is 0.200. The van der Waals surface area contributed by atoms with Crippen LogP contribution in [0.5, 0.6) is 6.01 Å². The highest BCUT2D eigenvalue weighted by Crippen LogP contribution is 2.39. The number of imidazole rings is 1. The van der Waals surface area contributed by atoms with Gasteiger partial charge in [0.25, 0.3) is 6.01 Å². The summed E-state index contributed by atoms with van der Waals surface area (Å²) in [4.78, 5) is 9.99. The van der Waals surface area contributed by atoms with Gasteiger partial charge in [-0.15, -0.1) is 0 Å². The Morgan fingerprint density at radius 2 is 1.62 bits per heavy atom. The predicted octanol–water partition coefficient (Wildman–Crippen LogP) is 7.49. The number of pyridine rings is 1. The van der Waals surface area contributed by atoms with E-state index in [4.69, 9.17) is 32.9 Å². The predicted molar refractivity (Wildman–Crippen MR) is 131 cm³/mol. The Labute approximate surface area is 202 Å². The molecule has 0 aliphatic heterocycles. The molecule has 0 bridgehead atoms. The maximum absolute atomic E-state index is 6.26. The standard InChI is InChI=1S/C25H23Cl2N3OS/c1-17(2)23-24(32-22-13-20(26)12-21(27)14-22)30(15-18-8-10-28-11-9-18)25(29-23)31-16-19-6-4-3-5-7-19/h3-14,17H,15-16H2,1-2H3. The summed E-state index contributed by atoms with van der Waals surface area (Å²) in [5.41, 5.74) is 3.18. The molecule has 0 radical (unpaired) electrons. The summed E-state index contributed by atoms with van der Waals surface area (Å²) in [6.45, 7) is 5.33. The van der Waals surface area contributed by atoms with Crippen LogP contribution in [0.2, 0.25) is 10.0 Å². The van der Waals surface area contributed by atoms with Crippen LogP contribution in [0.25, 0.3) is 0 Å². The van der Waals surface area contributed by atoms with E-state index < -0.39 is 0 Å². The van der Waals surface area contributed by atoms with Crippen LogP contribution in [0.1, 0.15) is 36.6 Å². The normalized spacial score (nSPS) is 11.2. The first-order chi connectivity index (χ1) is 15.5. The highest BCUT2D eigenvalue weighted by molar-refractivity contribution is 7.99. The summed E-state index contributed by atoms with van der Waals surface area (Å²) >= 11 is 14.1. The zero-order valence-corrected chi connectivity index (χ0v) is 20.2. The second kappa shape index (κ2) is 10.4. The van der Waals surface area contributed by atoms with Crippen molar-refractivity contribution in [3.63, 3.8) is 0 Å². The van der Waals surface area contributed by atoms with E-state index in [1.54, 1.807) is 30.2 Å². The van der Waals surface area contributed by atoms with E-state index in [9.17, 15) is 0 Å². The number of hydrogen-bond acceptors (Lipinski definition) is 4. The Kier molecular flexibility index (Phi) is 7.40. The third kappa shape index (κ3) is 5.66. The van der Waals surface area contributed by atoms with E-state index in [0.717, 1.165) is 26.7 Å². The molecule has 4 rings (SSSR count). The Hall–Kier alpha value is -2.47. The quantitative estimate of drug-likeness (QED) is 0.260. The van der Waals surface area contributed by atoms with Crippen LogP contribution in [0.4, 0.5) is 0 Å². The van der Waals surface area contributed by atoms with Crippen LogP contribution in [-0.4, -0.2) is 14.5 Å². The van der Waals surface area contributed by atoms with E-state index >= 15 is 0 Å². The third-order valence-electron chi connectivity index (χ3n) is 4.81. The van der Waals surface area contributed by atoms with E-state index in [2.05, 4.69) is 23.4 Å². The summed E-state index contributed by atoms with van der Waals surface area (Å²) in [5, 5.41) is 2.22. The molecule has 164 valence electrons. The lowest BCUT2D eigenvalue weighted by molar-refractivity contribution is 0.266. The molecule has 4 aromatic rings. The number of hydrogen-bond donors (Lipinski definition) is 0. The highest BCUT2D eigenvalue weighted by Gasteiger charge is 2.22. The zero-order chi connectivity index (χ0) is 22.5. The highest BCUT2D eigenvalue weighted by atomic mass is 35.5. The molecule has 0 unspecified atom stereocenters. The molecule has 0 atom stereocenters. The van der Waals surface area contributed by atoms with Crippen LogP contribution in [-0.2, 0) is 13.2 Å². The molecule has 0 aliphatic rings. The largest absolute Gasteiger partial charge is 0.460 e. The first-order valence-corrected chi connectivity index (χ1v) is 11.9. The van der Waals surface area contributed by atoms with Crippen molar-refractivity contribution in [3.05, 3.63) is 99.9 Å². The molecular weight excluding hydrogens is 461 g/mol. The average molecular weight is 484 g/mol. The number of halogens is 2. The number of benzene rings is 2. The number of aromatic nitrogens is 3. The van der Waals surface area contributed by atoms with Crippen molar-refractivity contribution in [2.45, 2.75) is 42.8 Å². The van der Waals surface area contributed by atoms with Crippen LogP contribution in [0.15, 0.2) is 83.0 Å². The molecule has 0 spiro atoms. The lowest BCUT2D eigenvalue weighted by atomic mass is 10.1. The minimum Gasteiger partial charge on any atom is -0.460 e. The molecular formula is C25H23Cl2N3OS. The summed E-state index contributed by atoms with van der Waals surface area (Å²) in [6.07, 6.45) is 3.59. The zero-order valence-electron chi connectivity index (χ0n) is 17.8. The maximum Gasteiger partial charge on any atom is 0.298 e. The Morgan fingerprint density at radius 1 is 0.938 bits per heavy atom. The molecule has 2 aromatic carbocycles. The van der Waals surface area contributed by atoms with Gasteiger partial charge in [0.1, 0.15) is 11.6 Å². The molecule has 0 fully saturated rings. The fourth-order valence-electron chi connectivity index (χ4n) is 3.26. The van der Waals surface area contributed by atoms with Crippen molar-refractivity contribution in [3.8, 4) is 6.01 Å². The van der Waals surface area contributed by atoms with Crippen LogP contribution in [0, 0.1) is 0 Å². The second-order valence-corrected chi connectivity index (χ2v) is 9.60. The molecule has 2 aromatic heterocycles. The number of ether oxygens (including phenoxy) is 1. The molecule has 0 aliphatic carbocycles. The molecule has 32 heavy (non-hydrogen) atoms. The van der Waals surface area contributed by atoms with Crippen molar-refractivity contribution in [2.75, 3.05) is 0 Å². The minimum absolute atomic E-state index is 0.213. The lowest BCUT2D eigenvalue weighted by Crippen LogP contribution is -2.07. The van der Waals surface area contributed by atoms with Crippen LogP contribution < -0.4 is 4.74 Å². The van der Waals surface area contributed by atoms with Crippen molar-refractivity contribution >= 4 is 35.0 Å². The van der Waals surface area contributed by atoms with Crippen molar-refractivity contribution in [1.82, 2.24) is 14.5 Å². The summed E-state index contributed by atoms with van der Waals surface area (Å²) in [5.74, 6) is 0.213. The summed E-state index contributed by atoms with van der Waals surface area (Å²) in [6, 6.07) is 20.2. The van der Waals surface area contributed by atoms with E-state index in [-0.39, 0.29) is 5.92 Å². The van der Waals surface area contributed by atoms with Gasteiger partial charge in [0.2, 0.25) is 0 Å². The van der Waals surface area contributed by atoms with Gasteiger partial charge in [-0.1, -0.05) is 79.1 Å². The topological polar surface area (TPSA) is 39.9 Å². The SMILES string of the molecule is CC(C)c1nc(OCc2ccccc2)n(Cc2ccncc2)c1Sc1cc(Cl)cc(Cl)c1. The van der Waals surface area contributed by atoms with Gasteiger partial charge in [-0.3, -0.25) is 9.55 Å². The van der Waals surface area contributed by atoms with Crippen LogP contribution >= 0.6 is 35.0 Å². The summed E-state index contributed by atoms with van der Waals surface area (Å²) < 4.78 is 8.34. The van der Waals surface area contributed by atoms with Crippen molar-refractivity contribution in [1.29, 1.82) is 0 Å². The molecule has 0 amide bonds. The van der Waals surface area contributed by atoms with Gasteiger partial charge in [0, 0.05) is 27.3 Å². The lowest BCUT2D eigenvalue weighted by Gasteiger charge is -2.14. The van der Waals surface area contributed by atoms with Crippen molar-refractivity contribution < 1.29 is 4.74 Å². The third-order valence-corrected chi connectivity index (χ3v) is 6.34.